The van der Waals surface area contributed by atoms with E-state index in [4.69, 9.17) is 5.73 Å². The van der Waals surface area contributed by atoms with Gasteiger partial charge in [-0.3, -0.25) is 0 Å². The third-order valence-electron chi connectivity index (χ3n) is 3.20. The number of aromatic carboxylic acids is 1. The summed E-state index contributed by atoms with van der Waals surface area (Å²) in [5.41, 5.74) is 8.83. The molecule has 0 aliphatic carbocycles. The minimum Gasteiger partial charge on any atom is -0.478 e. The van der Waals surface area contributed by atoms with E-state index < -0.39 is 5.97 Å². The molecule has 3 nitrogen and oxygen atoms in total. The van der Waals surface area contributed by atoms with E-state index in [1.54, 1.807) is 17.8 Å². The largest absolute Gasteiger partial charge is 0.478 e. The molecule has 0 aromatic heterocycles. The minimum atomic E-state index is -0.946. The Labute approximate surface area is 129 Å². The molecule has 110 valence electrons. The van der Waals surface area contributed by atoms with Gasteiger partial charge in [-0.05, 0) is 29.9 Å². The number of anilines is 1. The SMILES string of the molecule is CCCCSc1cc(C(=O)O)cc(N)c1-c1ccccc1. The molecule has 0 saturated carbocycles. The number of nitrogen functional groups attached to an aromatic ring is 1. The maximum atomic E-state index is 11.2. The summed E-state index contributed by atoms with van der Waals surface area (Å²) in [6.07, 6.45) is 2.21. The minimum absolute atomic E-state index is 0.242. The molecule has 0 aliphatic rings. The summed E-state index contributed by atoms with van der Waals surface area (Å²) in [4.78, 5) is 12.2. The van der Waals surface area contributed by atoms with Gasteiger partial charge >= 0.3 is 5.97 Å². The number of hydrogen-bond acceptors (Lipinski definition) is 3. The number of hydrogen-bond donors (Lipinski definition) is 2. The molecule has 2 rings (SSSR count). The predicted octanol–water partition coefficient (Wildman–Crippen LogP) is 4.53. The average molecular weight is 301 g/mol. The first-order valence-electron chi connectivity index (χ1n) is 6.98. The van der Waals surface area contributed by atoms with Crippen LogP contribution in [0, 0.1) is 0 Å². The van der Waals surface area contributed by atoms with Gasteiger partial charge in [0.1, 0.15) is 0 Å². The second kappa shape index (κ2) is 7.18. The van der Waals surface area contributed by atoms with E-state index in [9.17, 15) is 9.90 Å². The number of carboxylic acids is 1. The lowest BCUT2D eigenvalue weighted by molar-refractivity contribution is 0.0696. The number of benzene rings is 2. The molecule has 21 heavy (non-hydrogen) atoms. The fourth-order valence-corrected chi connectivity index (χ4v) is 3.36. The molecule has 0 spiro atoms. The van der Waals surface area contributed by atoms with Crippen LogP contribution in [0.2, 0.25) is 0 Å². The standard InChI is InChI=1S/C17H19NO2S/c1-2-3-9-21-15-11-13(17(19)20)10-14(18)16(15)12-7-5-4-6-8-12/h4-8,10-11H,2-3,9,18H2,1H3,(H,19,20). The number of carbonyl (C=O) groups is 1. The summed E-state index contributed by atoms with van der Waals surface area (Å²) in [5, 5.41) is 9.20. The molecular formula is C17H19NO2S. The Morgan fingerprint density at radius 3 is 2.57 bits per heavy atom. The molecule has 3 N–H and O–H groups in total. The van der Waals surface area contributed by atoms with Gasteiger partial charge in [-0.15, -0.1) is 11.8 Å². The first-order valence-corrected chi connectivity index (χ1v) is 7.97. The molecule has 2 aromatic rings. The Hall–Kier alpha value is -1.94. The quantitative estimate of drug-likeness (QED) is 0.467. The van der Waals surface area contributed by atoms with Crippen molar-refractivity contribution in [3.05, 3.63) is 48.0 Å². The van der Waals surface area contributed by atoms with Gasteiger partial charge in [-0.1, -0.05) is 43.7 Å². The third kappa shape index (κ3) is 3.79. The van der Waals surface area contributed by atoms with Gasteiger partial charge in [0.2, 0.25) is 0 Å². The van der Waals surface area contributed by atoms with Crippen molar-refractivity contribution in [1.29, 1.82) is 0 Å². The average Bonchev–Trinajstić information content (AvgIpc) is 2.48. The van der Waals surface area contributed by atoms with Crippen molar-refractivity contribution >= 4 is 23.4 Å². The van der Waals surface area contributed by atoms with Crippen LogP contribution < -0.4 is 5.73 Å². The summed E-state index contributed by atoms with van der Waals surface area (Å²) < 4.78 is 0. The Morgan fingerprint density at radius 1 is 1.24 bits per heavy atom. The summed E-state index contributed by atoms with van der Waals surface area (Å²) in [6.45, 7) is 2.14. The molecule has 2 aromatic carbocycles. The Bertz CT molecular complexity index is 626. The first kappa shape index (κ1) is 15.4. The van der Waals surface area contributed by atoms with Crippen LogP contribution >= 0.6 is 11.8 Å². The fraction of sp³-hybridized carbons (Fsp3) is 0.235. The highest BCUT2D eigenvalue weighted by atomic mass is 32.2. The van der Waals surface area contributed by atoms with Gasteiger partial charge in [-0.2, -0.15) is 0 Å². The lowest BCUT2D eigenvalue weighted by atomic mass is 10.0. The maximum absolute atomic E-state index is 11.2. The van der Waals surface area contributed by atoms with Crippen LogP contribution in [0.15, 0.2) is 47.4 Å². The van der Waals surface area contributed by atoms with Crippen LogP contribution in [0.1, 0.15) is 30.1 Å². The monoisotopic (exact) mass is 301 g/mol. The van der Waals surface area contributed by atoms with Crippen LogP contribution in [0.4, 0.5) is 5.69 Å². The number of carboxylic acid groups (broad SMARTS) is 1. The van der Waals surface area contributed by atoms with Gasteiger partial charge in [0, 0.05) is 16.1 Å². The number of thioether (sulfide) groups is 1. The van der Waals surface area contributed by atoms with Crippen LogP contribution in [-0.2, 0) is 0 Å². The molecular weight excluding hydrogens is 282 g/mol. The van der Waals surface area contributed by atoms with Gasteiger partial charge in [0.15, 0.2) is 0 Å². The Morgan fingerprint density at radius 2 is 1.95 bits per heavy atom. The first-order chi connectivity index (χ1) is 10.1. The molecule has 0 aliphatic heterocycles. The zero-order valence-corrected chi connectivity index (χ0v) is 12.8. The normalized spacial score (nSPS) is 10.5. The lowest BCUT2D eigenvalue weighted by Crippen LogP contribution is -2.01. The molecule has 0 heterocycles. The van der Waals surface area contributed by atoms with Crippen LogP contribution in [-0.4, -0.2) is 16.8 Å². The predicted molar refractivity (Wildman–Crippen MR) is 88.9 cm³/mol. The van der Waals surface area contributed by atoms with Crippen molar-refractivity contribution in [3.8, 4) is 11.1 Å². The second-order valence-electron chi connectivity index (χ2n) is 4.81. The highest BCUT2D eigenvalue weighted by Gasteiger charge is 2.14. The summed E-state index contributed by atoms with van der Waals surface area (Å²) in [5.74, 6) is 0.0115. The second-order valence-corrected chi connectivity index (χ2v) is 5.95. The molecule has 0 radical (unpaired) electrons. The van der Waals surface area contributed by atoms with E-state index in [1.165, 1.54) is 6.07 Å². The van der Waals surface area contributed by atoms with E-state index >= 15 is 0 Å². The number of rotatable bonds is 6. The van der Waals surface area contributed by atoms with E-state index in [0.717, 1.165) is 34.6 Å². The number of nitrogens with two attached hydrogens (primary N) is 1. The van der Waals surface area contributed by atoms with Crippen molar-refractivity contribution in [2.24, 2.45) is 0 Å². The smallest absolute Gasteiger partial charge is 0.335 e. The van der Waals surface area contributed by atoms with Crippen molar-refractivity contribution in [1.82, 2.24) is 0 Å². The molecule has 0 amide bonds. The van der Waals surface area contributed by atoms with Gasteiger partial charge < -0.3 is 10.8 Å². The van der Waals surface area contributed by atoms with E-state index in [1.807, 2.05) is 30.3 Å². The molecule has 0 unspecified atom stereocenters. The van der Waals surface area contributed by atoms with Gasteiger partial charge in [-0.25, -0.2) is 4.79 Å². The highest BCUT2D eigenvalue weighted by molar-refractivity contribution is 7.99. The van der Waals surface area contributed by atoms with Gasteiger partial charge in [0.25, 0.3) is 0 Å². The molecule has 0 bridgehead atoms. The summed E-state index contributed by atoms with van der Waals surface area (Å²) in [7, 11) is 0. The van der Waals surface area contributed by atoms with Gasteiger partial charge in [0.05, 0.1) is 5.56 Å². The molecule has 0 atom stereocenters. The van der Waals surface area contributed by atoms with Crippen molar-refractivity contribution in [3.63, 3.8) is 0 Å². The van der Waals surface area contributed by atoms with Crippen LogP contribution in [0.3, 0.4) is 0 Å². The number of unbranched alkanes of at least 4 members (excludes halogenated alkanes) is 1. The summed E-state index contributed by atoms with van der Waals surface area (Å²) >= 11 is 1.67. The van der Waals surface area contributed by atoms with Crippen molar-refractivity contribution < 1.29 is 9.90 Å². The Balaban J connectivity index is 2.48. The molecule has 0 fully saturated rings. The third-order valence-corrected chi connectivity index (χ3v) is 4.32. The molecule has 4 heteroatoms. The van der Waals surface area contributed by atoms with Crippen LogP contribution in [0.5, 0.6) is 0 Å². The molecule has 0 saturated heterocycles. The van der Waals surface area contributed by atoms with E-state index in [0.29, 0.717) is 5.69 Å². The lowest BCUT2D eigenvalue weighted by Gasteiger charge is -2.14. The zero-order valence-electron chi connectivity index (χ0n) is 12.0. The highest BCUT2D eigenvalue weighted by Crippen LogP contribution is 2.37. The van der Waals surface area contributed by atoms with Crippen molar-refractivity contribution in [2.45, 2.75) is 24.7 Å². The maximum Gasteiger partial charge on any atom is 0.335 e. The van der Waals surface area contributed by atoms with Crippen molar-refractivity contribution in [2.75, 3.05) is 11.5 Å². The van der Waals surface area contributed by atoms with E-state index in [-0.39, 0.29) is 5.56 Å². The summed E-state index contributed by atoms with van der Waals surface area (Å²) in [6, 6.07) is 13.1. The zero-order chi connectivity index (χ0) is 15.2. The topological polar surface area (TPSA) is 63.3 Å². The fourth-order valence-electron chi connectivity index (χ4n) is 2.11. The Kier molecular flexibility index (Phi) is 5.28. The van der Waals surface area contributed by atoms with E-state index in [2.05, 4.69) is 6.92 Å². The van der Waals surface area contributed by atoms with Crippen LogP contribution in [0.25, 0.3) is 11.1 Å².